The third kappa shape index (κ3) is 4.41. The molecule has 3 aromatic heterocycles. The Morgan fingerprint density at radius 3 is 2.58 bits per heavy atom. The molecule has 2 aromatic carbocycles. The van der Waals surface area contributed by atoms with Gasteiger partial charge in [-0.15, -0.1) is 0 Å². The van der Waals surface area contributed by atoms with Gasteiger partial charge in [-0.2, -0.15) is 5.10 Å². The zero-order chi connectivity index (χ0) is 22.8. The van der Waals surface area contributed by atoms with Crippen LogP contribution in [0.1, 0.15) is 16.8 Å². The first-order valence-corrected chi connectivity index (χ1v) is 10.5. The Kier molecular flexibility index (Phi) is 5.48. The second-order valence-electron chi connectivity index (χ2n) is 7.67. The van der Waals surface area contributed by atoms with Gasteiger partial charge in [0.1, 0.15) is 23.1 Å². The van der Waals surface area contributed by atoms with E-state index in [0.29, 0.717) is 35.1 Å². The van der Waals surface area contributed by atoms with Crippen molar-refractivity contribution in [2.75, 3.05) is 5.32 Å². The zero-order valence-electron chi connectivity index (χ0n) is 17.8. The van der Waals surface area contributed by atoms with Crippen molar-refractivity contribution < 1.29 is 8.78 Å². The number of aromatic nitrogens is 5. The lowest BCUT2D eigenvalue weighted by Crippen LogP contribution is -2.06. The predicted octanol–water partition coefficient (Wildman–Crippen LogP) is 5.14. The van der Waals surface area contributed by atoms with Gasteiger partial charge in [-0.05, 0) is 42.8 Å². The minimum atomic E-state index is -0.294. The van der Waals surface area contributed by atoms with Crippen LogP contribution < -0.4 is 5.32 Å². The van der Waals surface area contributed by atoms with Crippen molar-refractivity contribution in [2.24, 2.45) is 0 Å². The Bertz CT molecular complexity index is 1430. The van der Waals surface area contributed by atoms with Gasteiger partial charge in [0.05, 0.1) is 11.9 Å². The average molecular weight is 442 g/mol. The minimum absolute atomic E-state index is 0.238. The van der Waals surface area contributed by atoms with Gasteiger partial charge >= 0.3 is 0 Å². The van der Waals surface area contributed by atoms with Crippen LogP contribution in [0.15, 0.2) is 72.9 Å². The maximum atomic E-state index is 14.2. The van der Waals surface area contributed by atoms with Crippen LogP contribution in [0, 0.1) is 18.6 Å². The fraction of sp³-hybridized carbons (Fsp3) is 0.120. The van der Waals surface area contributed by atoms with Crippen molar-refractivity contribution in [1.82, 2.24) is 24.7 Å². The third-order valence-corrected chi connectivity index (χ3v) is 5.24. The van der Waals surface area contributed by atoms with Gasteiger partial charge in [0.25, 0.3) is 0 Å². The summed E-state index contributed by atoms with van der Waals surface area (Å²) in [5, 5.41) is 8.74. The summed E-state index contributed by atoms with van der Waals surface area (Å²) in [6.07, 6.45) is 1.68. The summed E-state index contributed by atoms with van der Waals surface area (Å²) in [7, 11) is 0. The van der Waals surface area contributed by atoms with E-state index in [1.807, 2.05) is 25.1 Å². The molecule has 0 aliphatic carbocycles. The van der Waals surface area contributed by atoms with Gasteiger partial charge < -0.3 is 5.32 Å². The molecule has 0 unspecified atom stereocenters. The molecule has 0 saturated heterocycles. The zero-order valence-corrected chi connectivity index (χ0v) is 17.8. The van der Waals surface area contributed by atoms with E-state index >= 15 is 0 Å². The van der Waals surface area contributed by atoms with Crippen LogP contribution in [-0.2, 0) is 13.1 Å². The van der Waals surface area contributed by atoms with Crippen molar-refractivity contribution in [3.8, 4) is 11.5 Å². The molecule has 0 aliphatic rings. The number of rotatable bonds is 6. The number of aryl methyl sites for hydroxylation is 1. The Balaban J connectivity index is 1.50. The lowest BCUT2D eigenvalue weighted by Gasteiger charge is -2.08. The SMILES string of the molecule is Cc1cc(NCc2ccc(F)cc2)nc(-c2nn(Cc3ccccc3F)c3ncccc23)n1. The molecule has 0 bridgehead atoms. The van der Waals surface area contributed by atoms with Gasteiger partial charge in [0, 0.05) is 30.1 Å². The molecule has 5 aromatic rings. The normalized spacial score (nSPS) is 11.1. The number of halogens is 2. The molecular weight excluding hydrogens is 422 g/mol. The molecule has 0 atom stereocenters. The molecular formula is C25H20F2N6. The molecule has 0 spiro atoms. The van der Waals surface area contributed by atoms with Crippen molar-refractivity contribution in [3.05, 3.63) is 101 Å². The van der Waals surface area contributed by atoms with Crippen LogP contribution in [0.5, 0.6) is 0 Å². The molecule has 1 N–H and O–H groups in total. The highest BCUT2D eigenvalue weighted by atomic mass is 19.1. The van der Waals surface area contributed by atoms with Crippen LogP contribution in [0.25, 0.3) is 22.6 Å². The molecule has 0 fully saturated rings. The van der Waals surface area contributed by atoms with Crippen LogP contribution >= 0.6 is 0 Å². The minimum Gasteiger partial charge on any atom is -0.366 e. The number of benzene rings is 2. The van der Waals surface area contributed by atoms with E-state index in [2.05, 4.69) is 20.3 Å². The lowest BCUT2D eigenvalue weighted by molar-refractivity contribution is 0.589. The first kappa shape index (κ1) is 20.7. The molecule has 33 heavy (non-hydrogen) atoms. The Labute approximate surface area is 189 Å². The Morgan fingerprint density at radius 1 is 0.939 bits per heavy atom. The lowest BCUT2D eigenvalue weighted by atomic mass is 10.2. The average Bonchev–Trinajstić information content (AvgIpc) is 3.18. The summed E-state index contributed by atoms with van der Waals surface area (Å²) in [6.45, 7) is 2.60. The number of nitrogens with zero attached hydrogens (tertiary/aromatic N) is 5. The van der Waals surface area contributed by atoms with E-state index in [1.54, 1.807) is 41.2 Å². The van der Waals surface area contributed by atoms with Gasteiger partial charge in [0.2, 0.25) is 0 Å². The van der Waals surface area contributed by atoms with E-state index in [0.717, 1.165) is 16.6 Å². The molecule has 0 radical (unpaired) electrons. The molecule has 6 nitrogen and oxygen atoms in total. The number of hydrogen-bond donors (Lipinski definition) is 1. The number of pyridine rings is 1. The van der Waals surface area contributed by atoms with Crippen LogP contribution in [0.3, 0.4) is 0 Å². The summed E-state index contributed by atoms with van der Waals surface area (Å²) in [5.74, 6) is 0.507. The molecule has 5 rings (SSSR count). The van der Waals surface area contributed by atoms with Crippen LogP contribution in [0.4, 0.5) is 14.6 Å². The third-order valence-electron chi connectivity index (χ3n) is 5.24. The van der Waals surface area contributed by atoms with Crippen molar-refractivity contribution in [2.45, 2.75) is 20.0 Å². The maximum Gasteiger partial charge on any atom is 0.183 e. The van der Waals surface area contributed by atoms with Crippen molar-refractivity contribution in [1.29, 1.82) is 0 Å². The number of fused-ring (bicyclic) bond motifs is 1. The summed E-state index contributed by atoms with van der Waals surface area (Å²) in [4.78, 5) is 13.7. The highest BCUT2D eigenvalue weighted by Gasteiger charge is 2.17. The summed E-state index contributed by atoms with van der Waals surface area (Å²) in [6, 6.07) is 18.5. The first-order valence-electron chi connectivity index (χ1n) is 10.5. The van der Waals surface area contributed by atoms with Gasteiger partial charge in [-0.25, -0.2) is 28.4 Å². The van der Waals surface area contributed by atoms with Gasteiger partial charge in [-0.3, -0.25) is 0 Å². The highest BCUT2D eigenvalue weighted by Crippen LogP contribution is 2.26. The quantitative estimate of drug-likeness (QED) is 0.395. The largest absolute Gasteiger partial charge is 0.366 e. The fourth-order valence-corrected chi connectivity index (χ4v) is 3.63. The first-order chi connectivity index (χ1) is 16.1. The Hall–Kier alpha value is -4.20. The molecule has 0 amide bonds. The molecule has 0 aliphatic heterocycles. The summed E-state index contributed by atoms with van der Waals surface area (Å²) in [5.41, 5.74) is 3.41. The van der Waals surface area contributed by atoms with E-state index in [-0.39, 0.29) is 18.2 Å². The number of nitrogens with one attached hydrogen (secondary N) is 1. The molecule has 3 heterocycles. The van der Waals surface area contributed by atoms with Crippen molar-refractivity contribution >= 4 is 16.9 Å². The maximum absolute atomic E-state index is 14.2. The molecule has 164 valence electrons. The Morgan fingerprint density at radius 2 is 1.76 bits per heavy atom. The van der Waals surface area contributed by atoms with Crippen molar-refractivity contribution in [3.63, 3.8) is 0 Å². The highest BCUT2D eigenvalue weighted by molar-refractivity contribution is 5.89. The smallest absolute Gasteiger partial charge is 0.183 e. The second kappa shape index (κ2) is 8.74. The topological polar surface area (TPSA) is 68.5 Å². The molecule has 0 saturated carbocycles. The van der Waals surface area contributed by atoms with E-state index < -0.39 is 0 Å². The number of anilines is 1. The van der Waals surface area contributed by atoms with Gasteiger partial charge in [-0.1, -0.05) is 30.3 Å². The summed E-state index contributed by atoms with van der Waals surface area (Å²) >= 11 is 0. The number of hydrogen-bond acceptors (Lipinski definition) is 5. The molecule has 8 heteroatoms. The standard InChI is InChI=1S/C25H20F2N6/c1-16-13-22(29-14-17-8-10-19(26)11-9-17)31-24(30-16)23-20-6-4-12-28-25(20)33(32-23)15-18-5-2-3-7-21(18)27/h2-13H,14-15H2,1H3,(H,29,30,31). The van der Waals surface area contributed by atoms with Crippen LogP contribution in [-0.4, -0.2) is 24.7 Å². The van der Waals surface area contributed by atoms with Gasteiger partial charge in [0.15, 0.2) is 11.5 Å². The van der Waals surface area contributed by atoms with E-state index in [9.17, 15) is 8.78 Å². The van der Waals surface area contributed by atoms with E-state index in [1.165, 1.54) is 18.2 Å². The predicted molar refractivity (Wildman–Crippen MR) is 123 cm³/mol. The second-order valence-corrected chi connectivity index (χ2v) is 7.67. The fourth-order valence-electron chi connectivity index (χ4n) is 3.63. The van der Waals surface area contributed by atoms with E-state index in [4.69, 9.17) is 5.10 Å². The summed E-state index contributed by atoms with van der Waals surface area (Å²) < 4.78 is 29.1. The van der Waals surface area contributed by atoms with Crippen LogP contribution in [0.2, 0.25) is 0 Å². The monoisotopic (exact) mass is 442 g/mol.